The molecule has 108 valence electrons. The van der Waals surface area contributed by atoms with Crippen LogP contribution in [0.15, 0.2) is 52.8 Å². The van der Waals surface area contributed by atoms with Crippen LogP contribution in [-0.2, 0) is 25.6 Å². The number of thiophene rings is 1. The standard InChI is InChI=1S/C15H13NO4S/c1-3-5-12-11(4-2)14(18)16(15(12)19)20-13(17)8-10-6-7-21-9-10/h3-7,9H,2,8H2,1H3/b5-3-. The molecule has 1 aromatic heterocycles. The van der Waals surface area contributed by atoms with Gasteiger partial charge in [0.25, 0.3) is 11.8 Å². The third-order valence-corrected chi connectivity index (χ3v) is 3.51. The summed E-state index contributed by atoms with van der Waals surface area (Å²) in [4.78, 5) is 40.8. The van der Waals surface area contributed by atoms with Crippen LogP contribution in [0.25, 0.3) is 0 Å². The van der Waals surface area contributed by atoms with E-state index in [1.165, 1.54) is 23.5 Å². The van der Waals surface area contributed by atoms with Crippen molar-refractivity contribution in [1.82, 2.24) is 5.06 Å². The van der Waals surface area contributed by atoms with Gasteiger partial charge in [0, 0.05) is 0 Å². The van der Waals surface area contributed by atoms with Crippen molar-refractivity contribution in [3.05, 3.63) is 58.3 Å². The minimum atomic E-state index is -0.679. The molecule has 2 heterocycles. The molecule has 0 unspecified atom stereocenters. The van der Waals surface area contributed by atoms with Crippen LogP contribution in [0, 0.1) is 0 Å². The van der Waals surface area contributed by atoms with Crippen LogP contribution < -0.4 is 0 Å². The SMILES string of the molecule is C=CC1=C(/C=C\C)C(=O)N(OC(=O)Cc2ccsc2)C1=O. The molecule has 5 nitrogen and oxygen atoms in total. The number of carbonyl (C=O) groups excluding carboxylic acids is 3. The predicted molar refractivity (Wildman–Crippen MR) is 78.0 cm³/mol. The minimum Gasteiger partial charge on any atom is -0.329 e. The number of rotatable bonds is 5. The summed E-state index contributed by atoms with van der Waals surface area (Å²) in [5.74, 6) is -2.01. The van der Waals surface area contributed by atoms with E-state index in [1.54, 1.807) is 24.4 Å². The predicted octanol–water partition coefficient (Wildman–Crippen LogP) is 2.18. The molecule has 0 saturated carbocycles. The molecule has 0 N–H and O–H groups in total. The fourth-order valence-electron chi connectivity index (χ4n) is 1.84. The molecule has 2 amide bonds. The van der Waals surface area contributed by atoms with Crippen molar-refractivity contribution < 1.29 is 19.2 Å². The lowest BCUT2D eigenvalue weighted by Crippen LogP contribution is -2.34. The van der Waals surface area contributed by atoms with Crippen LogP contribution in [0.4, 0.5) is 0 Å². The highest BCUT2D eigenvalue weighted by Gasteiger charge is 2.38. The lowest BCUT2D eigenvalue weighted by Gasteiger charge is -2.13. The van der Waals surface area contributed by atoms with Crippen molar-refractivity contribution in [2.45, 2.75) is 13.3 Å². The molecule has 1 aromatic rings. The van der Waals surface area contributed by atoms with Gasteiger partial charge in [-0.1, -0.05) is 29.9 Å². The first-order valence-corrected chi connectivity index (χ1v) is 7.12. The zero-order valence-corrected chi connectivity index (χ0v) is 12.2. The summed E-state index contributed by atoms with van der Waals surface area (Å²) in [6.07, 6.45) is 4.40. The van der Waals surface area contributed by atoms with Gasteiger partial charge < -0.3 is 4.84 Å². The number of hydroxylamine groups is 2. The van der Waals surface area contributed by atoms with Crippen LogP contribution in [-0.4, -0.2) is 22.8 Å². The Hall–Kier alpha value is -2.47. The molecule has 0 aliphatic carbocycles. The van der Waals surface area contributed by atoms with Gasteiger partial charge in [-0.15, -0.1) is 0 Å². The van der Waals surface area contributed by atoms with Crippen LogP contribution >= 0.6 is 11.3 Å². The Morgan fingerprint density at radius 1 is 1.38 bits per heavy atom. The van der Waals surface area contributed by atoms with Crippen molar-refractivity contribution in [1.29, 1.82) is 0 Å². The van der Waals surface area contributed by atoms with Gasteiger partial charge in [0.1, 0.15) is 0 Å². The molecule has 2 rings (SSSR count). The Bertz CT molecular complexity index is 655. The molecular formula is C15H13NO4S. The summed E-state index contributed by atoms with van der Waals surface area (Å²) in [5, 5.41) is 4.12. The smallest absolute Gasteiger partial charge is 0.329 e. The van der Waals surface area contributed by atoms with Gasteiger partial charge in [-0.25, -0.2) is 4.79 Å². The quantitative estimate of drug-likeness (QED) is 0.782. The maximum Gasteiger partial charge on any atom is 0.337 e. The summed E-state index contributed by atoms with van der Waals surface area (Å²) < 4.78 is 0. The number of allylic oxidation sites excluding steroid dienone is 1. The average Bonchev–Trinajstić information content (AvgIpc) is 3.02. The molecule has 1 aliphatic rings. The molecule has 0 fully saturated rings. The molecule has 0 radical (unpaired) electrons. The van der Waals surface area contributed by atoms with E-state index in [0.29, 0.717) is 5.06 Å². The molecule has 1 aliphatic heterocycles. The summed E-state index contributed by atoms with van der Waals surface area (Å²) >= 11 is 1.45. The van der Waals surface area contributed by atoms with Gasteiger partial charge in [0.2, 0.25) is 0 Å². The number of nitrogens with zero attached hydrogens (tertiary/aromatic N) is 1. The number of amides is 2. The van der Waals surface area contributed by atoms with E-state index < -0.39 is 17.8 Å². The number of hydrogen-bond donors (Lipinski definition) is 0. The second-order valence-electron chi connectivity index (χ2n) is 4.21. The Balaban J connectivity index is 2.12. The fraction of sp³-hybridized carbons (Fsp3) is 0.133. The molecule has 0 aromatic carbocycles. The van der Waals surface area contributed by atoms with E-state index in [9.17, 15) is 14.4 Å². The van der Waals surface area contributed by atoms with E-state index in [-0.39, 0.29) is 17.6 Å². The topological polar surface area (TPSA) is 63.7 Å². The highest BCUT2D eigenvalue weighted by atomic mass is 32.1. The Labute approximate surface area is 125 Å². The van der Waals surface area contributed by atoms with Gasteiger partial charge in [-0.2, -0.15) is 11.3 Å². The number of carbonyl (C=O) groups is 3. The lowest BCUT2D eigenvalue weighted by atomic mass is 10.1. The first-order chi connectivity index (χ1) is 10.1. The van der Waals surface area contributed by atoms with E-state index in [4.69, 9.17) is 4.84 Å². The highest BCUT2D eigenvalue weighted by molar-refractivity contribution is 7.07. The summed E-state index contributed by atoms with van der Waals surface area (Å²) in [7, 11) is 0. The molecule has 0 bridgehead atoms. The zero-order chi connectivity index (χ0) is 15.4. The molecule has 0 spiro atoms. The van der Waals surface area contributed by atoms with E-state index >= 15 is 0 Å². The summed E-state index contributed by atoms with van der Waals surface area (Å²) in [5.41, 5.74) is 1.07. The van der Waals surface area contributed by atoms with Gasteiger partial charge in [0.15, 0.2) is 0 Å². The molecule has 21 heavy (non-hydrogen) atoms. The largest absolute Gasteiger partial charge is 0.337 e. The number of imide groups is 1. The van der Waals surface area contributed by atoms with Crippen LogP contribution in [0.3, 0.4) is 0 Å². The first-order valence-electron chi connectivity index (χ1n) is 6.18. The van der Waals surface area contributed by atoms with Gasteiger partial charge in [-0.3, -0.25) is 9.59 Å². The second-order valence-corrected chi connectivity index (χ2v) is 4.99. The monoisotopic (exact) mass is 303 g/mol. The second kappa shape index (κ2) is 6.32. The third-order valence-electron chi connectivity index (χ3n) is 2.78. The van der Waals surface area contributed by atoms with Gasteiger partial charge in [0.05, 0.1) is 17.6 Å². The zero-order valence-electron chi connectivity index (χ0n) is 11.4. The molecule has 6 heteroatoms. The Morgan fingerprint density at radius 2 is 2.10 bits per heavy atom. The van der Waals surface area contributed by atoms with Crippen molar-refractivity contribution >= 4 is 29.1 Å². The van der Waals surface area contributed by atoms with Crippen molar-refractivity contribution in [3.63, 3.8) is 0 Å². The Kier molecular flexibility index (Phi) is 4.49. The van der Waals surface area contributed by atoms with Crippen LogP contribution in [0.5, 0.6) is 0 Å². The van der Waals surface area contributed by atoms with Crippen molar-refractivity contribution in [2.24, 2.45) is 0 Å². The van der Waals surface area contributed by atoms with Gasteiger partial charge >= 0.3 is 5.97 Å². The lowest BCUT2D eigenvalue weighted by molar-refractivity contribution is -0.196. The van der Waals surface area contributed by atoms with Gasteiger partial charge in [-0.05, 0) is 29.3 Å². The van der Waals surface area contributed by atoms with E-state index in [0.717, 1.165) is 5.56 Å². The fourth-order valence-corrected chi connectivity index (χ4v) is 2.51. The van der Waals surface area contributed by atoms with Crippen LogP contribution in [0.1, 0.15) is 12.5 Å². The van der Waals surface area contributed by atoms with Crippen molar-refractivity contribution in [3.8, 4) is 0 Å². The van der Waals surface area contributed by atoms with E-state index in [2.05, 4.69) is 6.58 Å². The molecule has 0 saturated heterocycles. The van der Waals surface area contributed by atoms with Crippen molar-refractivity contribution in [2.75, 3.05) is 0 Å². The minimum absolute atomic E-state index is 0.00291. The Morgan fingerprint density at radius 3 is 2.67 bits per heavy atom. The highest BCUT2D eigenvalue weighted by Crippen LogP contribution is 2.23. The first kappa shape index (κ1) is 14.9. The third kappa shape index (κ3) is 3.00. The average molecular weight is 303 g/mol. The normalized spacial score (nSPS) is 15.2. The summed E-state index contributed by atoms with van der Waals surface area (Å²) in [6.45, 7) is 5.22. The molecule has 0 atom stereocenters. The summed E-state index contributed by atoms with van der Waals surface area (Å²) in [6, 6.07) is 1.78. The maximum atomic E-state index is 12.1. The maximum absolute atomic E-state index is 12.1. The number of hydrogen-bond acceptors (Lipinski definition) is 5. The van der Waals surface area contributed by atoms with E-state index in [1.807, 2.05) is 5.38 Å². The van der Waals surface area contributed by atoms with Crippen LogP contribution in [0.2, 0.25) is 0 Å². The molecular weight excluding hydrogens is 290 g/mol.